The molecule has 2 rings (SSSR count). The van der Waals surface area contributed by atoms with Crippen LogP contribution in [0.2, 0.25) is 0 Å². The number of carbonyl (C=O) groups is 1. The summed E-state index contributed by atoms with van der Waals surface area (Å²) >= 11 is 0. The van der Waals surface area contributed by atoms with Gasteiger partial charge in [0.05, 0.1) is 5.56 Å². The number of piperidine rings is 1. The Morgan fingerprint density at radius 2 is 2.24 bits per heavy atom. The van der Waals surface area contributed by atoms with Crippen molar-refractivity contribution in [2.75, 3.05) is 18.8 Å². The second-order valence-corrected chi connectivity index (χ2v) is 4.61. The van der Waals surface area contributed by atoms with Crippen LogP contribution in [-0.4, -0.2) is 28.9 Å². The van der Waals surface area contributed by atoms with Gasteiger partial charge >= 0.3 is 0 Å². The van der Waals surface area contributed by atoms with E-state index in [9.17, 15) is 4.79 Å². The monoisotopic (exact) mass is 233 g/mol. The summed E-state index contributed by atoms with van der Waals surface area (Å²) in [6, 6.07) is 1.67. The average Bonchev–Trinajstić information content (AvgIpc) is 2.39. The van der Waals surface area contributed by atoms with E-state index in [1.807, 2.05) is 4.90 Å². The summed E-state index contributed by atoms with van der Waals surface area (Å²) < 4.78 is 0. The van der Waals surface area contributed by atoms with Gasteiger partial charge in [-0.05, 0) is 24.8 Å². The predicted molar refractivity (Wildman–Crippen MR) is 67.6 cm³/mol. The molecule has 1 fully saturated rings. The zero-order valence-corrected chi connectivity index (χ0v) is 10.2. The Kier molecular flexibility index (Phi) is 3.61. The number of carbonyl (C=O) groups excluding carboxylic acids is 1. The molecule has 0 atom stereocenters. The molecule has 1 aliphatic heterocycles. The lowest BCUT2D eigenvalue weighted by atomic mass is 9.94. The third kappa shape index (κ3) is 2.57. The van der Waals surface area contributed by atoms with Gasteiger partial charge in [-0.25, -0.2) is 0 Å². The second kappa shape index (κ2) is 5.17. The molecule has 4 heteroatoms. The molecule has 4 nitrogen and oxygen atoms in total. The van der Waals surface area contributed by atoms with Crippen LogP contribution in [0.15, 0.2) is 18.5 Å². The molecule has 0 unspecified atom stereocenters. The number of amides is 1. The highest BCUT2D eigenvalue weighted by Crippen LogP contribution is 2.22. The maximum atomic E-state index is 12.2. The van der Waals surface area contributed by atoms with Crippen LogP contribution in [0.3, 0.4) is 0 Å². The van der Waals surface area contributed by atoms with Crippen LogP contribution >= 0.6 is 0 Å². The standard InChI is InChI=1S/C13H19N3O/c1-2-10-4-7-16(8-5-10)13(17)11-9-15-6-3-12(11)14/h3,6,9-10H,2,4-5,7-8H2,1H3,(H2,14,15). The predicted octanol–water partition coefficient (Wildman–Crippen LogP) is 1.93. The van der Waals surface area contributed by atoms with Crippen LogP contribution in [0.5, 0.6) is 0 Å². The molecule has 1 saturated heterocycles. The lowest BCUT2D eigenvalue weighted by molar-refractivity contribution is 0.0689. The van der Waals surface area contributed by atoms with Crippen LogP contribution in [-0.2, 0) is 0 Å². The third-order valence-corrected chi connectivity index (χ3v) is 3.56. The molecule has 0 spiro atoms. The topological polar surface area (TPSA) is 59.2 Å². The van der Waals surface area contributed by atoms with Crippen molar-refractivity contribution in [3.8, 4) is 0 Å². The van der Waals surface area contributed by atoms with Gasteiger partial charge in [-0.1, -0.05) is 13.3 Å². The van der Waals surface area contributed by atoms with Crippen molar-refractivity contribution < 1.29 is 4.79 Å². The molecule has 92 valence electrons. The lowest BCUT2D eigenvalue weighted by Gasteiger charge is -2.31. The van der Waals surface area contributed by atoms with Gasteiger partial charge in [0.15, 0.2) is 0 Å². The highest BCUT2D eigenvalue weighted by Gasteiger charge is 2.23. The van der Waals surface area contributed by atoms with E-state index in [2.05, 4.69) is 11.9 Å². The Labute approximate surface area is 102 Å². The maximum Gasteiger partial charge on any atom is 0.257 e. The fourth-order valence-electron chi connectivity index (χ4n) is 2.30. The highest BCUT2D eigenvalue weighted by molar-refractivity contribution is 5.98. The van der Waals surface area contributed by atoms with Crippen LogP contribution in [0.4, 0.5) is 5.69 Å². The van der Waals surface area contributed by atoms with E-state index in [4.69, 9.17) is 5.73 Å². The molecule has 2 N–H and O–H groups in total. The number of pyridine rings is 1. The van der Waals surface area contributed by atoms with Crippen molar-refractivity contribution >= 4 is 11.6 Å². The van der Waals surface area contributed by atoms with Gasteiger partial charge in [0.1, 0.15) is 0 Å². The molecular formula is C13H19N3O. The summed E-state index contributed by atoms with van der Waals surface area (Å²) in [7, 11) is 0. The van der Waals surface area contributed by atoms with Crippen molar-refractivity contribution in [2.24, 2.45) is 5.92 Å². The van der Waals surface area contributed by atoms with Crippen molar-refractivity contribution in [3.63, 3.8) is 0 Å². The summed E-state index contributed by atoms with van der Waals surface area (Å²) in [6.45, 7) is 3.89. The Morgan fingerprint density at radius 3 is 2.82 bits per heavy atom. The van der Waals surface area contributed by atoms with E-state index in [0.29, 0.717) is 11.3 Å². The normalized spacial score (nSPS) is 17.1. The summed E-state index contributed by atoms with van der Waals surface area (Å²) in [4.78, 5) is 18.1. The number of likely N-dealkylation sites (tertiary alicyclic amines) is 1. The molecule has 1 aromatic heterocycles. The van der Waals surface area contributed by atoms with E-state index < -0.39 is 0 Å². The minimum absolute atomic E-state index is 0.0187. The molecule has 0 aliphatic carbocycles. The van der Waals surface area contributed by atoms with Crippen molar-refractivity contribution in [1.82, 2.24) is 9.88 Å². The molecule has 0 saturated carbocycles. The number of hydrogen-bond acceptors (Lipinski definition) is 3. The molecule has 0 bridgehead atoms. The first-order chi connectivity index (χ1) is 8.22. The third-order valence-electron chi connectivity index (χ3n) is 3.56. The first-order valence-corrected chi connectivity index (χ1v) is 6.21. The quantitative estimate of drug-likeness (QED) is 0.849. The minimum atomic E-state index is 0.0187. The Bertz CT molecular complexity index is 397. The van der Waals surface area contributed by atoms with Crippen LogP contribution < -0.4 is 5.73 Å². The van der Waals surface area contributed by atoms with E-state index in [1.165, 1.54) is 6.42 Å². The van der Waals surface area contributed by atoms with Crippen molar-refractivity contribution in [1.29, 1.82) is 0 Å². The molecule has 2 heterocycles. The number of nitrogens with zero attached hydrogens (tertiary/aromatic N) is 2. The number of hydrogen-bond donors (Lipinski definition) is 1. The maximum absolute atomic E-state index is 12.2. The van der Waals surface area contributed by atoms with Gasteiger partial charge in [-0.3, -0.25) is 9.78 Å². The molecule has 0 radical (unpaired) electrons. The molecule has 0 aromatic carbocycles. The summed E-state index contributed by atoms with van der Waals surface area (Å²) in [5.41, 5.74) is 6.84. The Hall–Kier alpha value is -1.58. The largest absolute Gasteiger partial charge is 0.398 e. The number of nitrogen functional groups attached to an aromatic ring is 1. The van der Waals surface area contributed by atoms with Gasteiger partial charge in [-0.2, -0.15) is 0 Å². The smallest absolute Gasteiger partial charge is 0.257 e. The van der Waals surface area contributed by atoms with E-state index in [0.717, 1.165) is 31.8 Å². The van der Waals surface area contributed by atoms with Crippen LogP contribution in [0.1, 0.15) is 36.5 Å². The lowest BCUT2D eigenvalue weighted by Crippen LogP contribution is -2.38. The second-order valence-electron chi connectivity index (χ2n) is 4.61. The van der Waals surface area contributed by atoms with Gasteiger partial charge in [0.25, 0.3) is 5.91 Å². The first-order valence-electron chi connectivity index (χ1n) is 6.21. The molecule has 1 aliphatic rings. The van der Waals surface area contributed by atoms with Gasteiger partial charge in [0.2, 0.25) is 0 Å². The Morgan fingerprint density at radius 1 is 1.53 bits per heavy atom. The molecule has 17 heavy (non-hydrogen) atoms. The number of nitrogens with two attached hydrogens (primary N) is 1. The SMILES string of the molecule is CCC1CCN(C(=O)c2cnccc2N)CC1. The Balaban J connectivity index is 2.04. The van der Waals surface area contributed by atoms with Gasteiger partial charge < -0.3 is 10.6 Å². The molecular weight excluding hydrogens is 214 g/mol. The van der Waals surface area contributed by atoms with Crippen molar-refractivity contribution in [2.45, 2.75) is 26.2 Å². The zero-order chi connectivity index (χ0) is 12.3. The van der Waals surface area contributed by atoms with Gasteiger partial charge in [0, 0.05) is 31.2 Å². The molecule has 1 amide bonds. The number of anilines is 1. The average molecular weight is 233 g/mol. The fourth-order valence-corrected chi connectivity index (χ4v) is 2.30. The minimum Gasteiger partial charge on any atom is -0.398 e. The zero-order valence-electron chi connectivity index (χ0n) is 10.2. The highest BCUT2D eigenvalue weighted by atomic mass is 16.2. The van der Waals surface area contributed by atoms with Crippen LogP contribution in [0.25, 0.3) is 0 Å². The summed E-state index contributed by atoms with van der Waals surface area (Å²) in [5.74, 6) is 0.787. The number of rotatable bonds is 2. The molecule has 1 aromatic rings. The van der Waals surface area contributed by atoms with Crippen LogP contribution in [0, 0.1) is 5.92 Å². The first kappa shape index (κ1) is 11.9. The van der Waals surface area contributed by atoms with E-state index >= 15 is 0 Å². The van der Waals surface area contributed by atoms with Crippen molar-refractivity contribution in [3.05, 3.63) is 24.0 Å². The van der Waals surface area contributed by atoms with E-state index in [-0.39, 0.29) is 5.91 Å². The summed E-state index contributed by atoms with van der Waals surface area (Å²) in [6.07, 6.45) is 6.57. The summed E-state index contributed by atoms with van der Waals surface area (Å²) in [5, 5.41) is 0. The van der Waals surface area contributed by atoms with Gasteiger partial charge in [-0.15, -0.1) is 0 Å². The fraction of sp³-hybridized carbons (Fsp3) is 0.538. The number of aromatic nitrogens is 1. The van der Waals surface area contributed by atoms with E-state index in [1.54, 1.807) is 18.5 Å².